The van der Waals surface area contributed by atoms with Gasteiger partial charge in [0, 0.05) is 10.6 Å². The number of hydrogen-bond donors (Lipinski definition) is 0. The molecule has 0 saturated heterocycles. The standard InChI is InChI=1S/C15H14ClFO/c1-10-3-4-11(2)15(7-10)18-9-12-5-6-13(16)8-14(12)17/h3-8H,9H2,1-2H3. The molecule has 0 spiro atoms. The molecule has 0 saturated carbocycles. The molecule has 2 aromatic carbocycles. The molecule has 1 nitrogen and oxygen atoms in total. The Labute approximate surface area is 111 Å². The summed E-state index contributed by atoms with van der Waals surface area (Å²) in [7, 11) is 0. The highest BCUT2D eigenvalue weighted by molar-refractivity contribution is 6.30. The summed E-state index contributed by atoms with van der Waals surface area (Å²) in [5.41, 5.74) is 2.66. The number of ether oxygens (including phenoxy) is 1. The first-order chi connectivity index (χ1) is 8.56. The zero-order valence-electron chi connectivity index (χ0n) is 10.3. The minimum Gasteiger partial charge on any atom is -0.489 e. The molecule has 0 aliphatic rings. The molecular weight excluding hydrogens is 251 g/mol. The zero-order valence-corrected chi connectivity index (χ0v) is 11.1. The topological polar surface area (TPSA) is 9.23 Å². The van der Waals surface area contributed by atoms with Gasteiger partial charge in [0.1, 0.15) is 18.2 Å². The van der Waals surface area contributed by atoms with E-state index in [1.165, 1.54) is 6.07 Å². The number of rotatable bonds is 3. The average molecular weight is 265 g/mol. The van der Waals surface area contributed by atoms with Gasteiger partial charge in [-0.15, -0.1) is 0 Å². The second-order valence-electron chi connectivity index (χ2n) is 4.29. The molecule has 0 aromatic heterocycles. The summed E-state index contributed by atoms with van der Waals surface area (Å²) in [4.78, 5) is 0. The van der Waals surface area contributed by atoms with Gasteiger partial charge in [0.05, 0.1) is 0 Å². The van der Waals surface area contributed by atoms with Crippen LogP contribution in [0.4, 0.5) is 4.39 Å². The summed E-state index contributed by atoms with van der Waals surface area (Å²) in [6.07, 6.45) is 0. The number of halogens is 2. The minimum absolute atomic E-state index is 0.202. The van der Waals surface area contributed by atoms with E-state index < -0.39 is 0 Å². The Bertz CT molecular complexity index is 566. The summed E-state index contributed by atoms with van der Waals surface area (Å²) < 4.78 is 19.2. The first-order valence-electron chi connectivity index (χ1n) is 5.70. The summed E-state index contributed by atoms with van der Waals surface area (Å²) in [6.45, 7) is 4.16. The van der Waals surface area contributed by atoms with Crippen LogP contribution >= 0.6 is 11.6 Å². The van der Waals surface area contributed by atoms with Crippen molar-refractivity contribution in [1.82, 2.24) is 0 Å². The van der Waals surface area contributed by atoms with Crippen molar-refractivity contribution in [1.29, 1.82) is 0 Å². The molecule has 0 heterocycles. The van der Waals surface area contributed by atoms with Crippen LogP contribution in [0.2, 0.25) is 5.02 Å². The first-order valence-corrected chi connectivity index (χ1v) is 6.08. The maximum atomic E-state index is 13.6. The van der Waals surface area contributed by atoms with Crippen LogP contribution in [0.15, 0.2) is 36.4 Å². The zero-order chi connectivity index (χ0) is 13.1. The van der Waals surface area contributed by atoms with Gasteiger partial charge in [-0.1, -0.05) is 29.8 Å². The van der Waals surface area contributed by atoms with E-state index in [1.807, 2.05) is 32.0 Å². The molecule has 2 rings (SSSR count). The lowest BCUT2D eigenvalue weighted by molar-refractivity contribution is 0.297. The largest absolute Gasteiger partial charge is 0.489 e. The predicted molar refractivity (Wildman–Crippen MR) is 71.7 cm³/mol. The van der Waals surface area contributed by atoms with Crippen LogP contribution in [0.3, 0.4) is 0 Å². The lowest BCUT2D eigenvalue weighted by atomic mass is 10.1. The minimum atomic E-state index is -0.340. The lowest BCUT2D eigenvalue weighted by Crippen LogP contribution is -2.00. The Hall–Kier alpha value is -1.54. The smallest absolute Gasteiger partial charge is 0.131 e. The third kappa shape index (κ3) is 3.02. The molecular formula is C15H14ClFO. The van der Waals surface area contributed by atoms with E-state index in [-0.39, 0.29) is 12.4 Å². The fourth-order valence-electron chi connectivity index (χ4n) is 1.66. The van der Waals surface area contributed by atoms with E-state index in [4.69, 9.17) is 16.3 Å². The predicted octanol–water partition coefficient (Wildman–Crippen LogP) is 4.67. The molecule has 0 aliphatic carbocycles. The van der Waals surface area contributed by atoms with Crippen molar-refractivity contribution in [2.24, 2.45) is 0 Å². The lowest BCUT2D eigenvalue weighted by Gasteiger charge is -2.10. The van der Waals surface area contributed by atoms with Gasteiger partial charge in [0.25, 0.3) is 0 Å². The van der Waals surface area contributed by atoms with Crippen LogP contribution in [0, 0.1) is 19.7 Å². The van der Waals surface area contributed by atoms with Crippen molar-refractivity contribution in [2.45, 2.75) is 20.5 Å². The van der Waals surface area contributed by atoms with Crippen LogP contribution in [0.25, 0.3) is 0 Å². The molecule has 18 heavy (non-hydrogen) atoms. The summed E-state index contributed by atoms with van der Waals surface area (Å²) in [6, 6.07) is 10.6. The van der Waals surface area contributed by atoms with Gasteiger partial charge in [-0.2, -0.15) is 0 Å². The van der Waals surface area contributed by atoms with Crippen molar-refractivity contribution < 1.29 is 9.13 Å². The molecule has 0 amide bonds. The van der Waals surface area contributed by atoms with E-state index in [1.54, 1.807) is 12.1 Å². The Morgan fingerprint density at radius 2 is 1.89 bits per heavy atom. The van der Waals surface area contributed by atoms with Gasteiger partial charge in [-0.25, -0.2) is 4.39 Å². The van der Waals surface area contributed by atoms with Crippen LogP contribution < -0.4 is 4.74 Å². The summed E-state index contributed by atoms with van der Waals surface area (Å²) in [5.74, 6) is 0.442. The molecule has 0 N–H and O–H groups in total. The van der Waals surface area contributed by atoms with E-state index >= 15 is 0 Å². The van der Waals surface area contributed by atoms with Crippen molar-refractivity contribution in [3.8, 4) is 5.75 Å². The van der Waals surface area contributed by atoms with Crippen LogP contribution in [-0.2, 0) is 6.61 Å². The SMILES string of the molecule is Cc1ccc(C)c(OCc2ccc(Cl)cc2F)c1. The maximum absolute atomic E-state index is 13.6. The summed E-state index contributed by atoms with van der Waals surface area (Å²) >= 11 is 5.70. The Kier molecular flexibility index (Phi) is 3.87. The Morgan fingerprint density at radius 3 is 2.61 bits per heavy atom. The third-order valence-electron chi connectivity index (χ3n) is 2.74. The quantitative estimate of drug-likeness (QED) is 0.782. The van der Waals surface area contributed by atoms with Gasteiger partial charge >= 0.3 is 0 Å². The molecule has 0 atom stereocenters. The monoisotopic (exact) mass is 264 g/mol. The molecule has 0 fully saturated rings. The number of benzene rings is 2. The van der Waals surface area contributed by atoms with Gasteiger partial charge in [0.15, 0.2) is 0 Å². The van der Waals surface area contributed by atoms with Gasteiger partial charge in [-0.3, -0.25) is 0 Å². The normalized spacial score (nSPS) is 10.4. The average Bonchev–Trinajstić information content (AvgIpc) is 2.32. The number of aryl methyl sites for hydroxylation is 2. The van der Waals surface area contributed by atoms with E-state index in [2.05, 4.69) is 0 Å². The van der Waals surface area contributed by atoms with Crippen LogP contribution in [0.1, 0.15) is 16.7 Å². The molecule has 94 valence electrons. The maximum Gasteiger partial charge on any atom is 0.131 e. The highest BCUT2D eigenvalue weighted by Crippen LogP contribution is 2.22. The molecule has 0 bridgehead atoms. The van der Waals surface area contributed by atoms with Gasteiger partial charge in [0.2, 0.25) is 0 Å². The van der Waals surface area contributed by atoms with E-state index in [9.17, 15) is 4.39 Å². The Balaban J connectivity index is 2.13. The fraction of sp³-hybridized carbons (Fsp3) is 0.200. The molecule has 0 unspecified atom stereocenters. The highest BCUT2D eigenvalue weighted by Gasteiger charge is 2.05. The summed E-state index contributed by atoms with van der Waals surface area (Å²) in [5, 5.41) is 0.392. The highest BCUT2D eigenvalue weighted by atomic mass is 35.5. The molecule has 3 heteroatoms. The Morgan fingerprint density at radius 1 is 1.11 bits per heavy atom. The van der Waals surface area contributed by atoms with Crippen LogP contribution in [-0.4, -0.2) is 0 Å². The van der Waals surface area contributed by atoms with Crippen molar-refractivity contribution in [3.05, 3.63) is 63.9 Å². The van der Waals surface area contributed by atoms with E-state index in [0.717, 1.165) is 16.9 Å². The van der Waals surface area contributed by atoms with Crippen LogP contribution in [0.5, 0.6) is 5.75 Å². The molecule has 0 aliphatic heterocycles. The fourth-order valence-corrected chi connectivity index (χ4v) is 1.82. The number of hydrogen-bond acceptors (Lipinski definition) is 1. The first kappa shape index (κ1) is 12.9. The van der Waals surface area contributed by atoms with E-state index in [0.29, 0.717) is 10.6 Å². The second-order valence-corrected chi connectivity index (χ2v) is 4.73. The van der Waals surface area contributed by atoms with Crippen molar-refractivity contribution in [2.75, 3.05) is 0 Å². The van der Waals surface area contributed by atoms with Crippen molar-refractivity contribution >= 4 is 11.6 Å². The second kappa shape index (κ2) is 5.40. The third-order valence-corrected chi connectivity index (χ3v) is 2.98. The molecule has 2 aromatic rings. The van der Waals surface area contributed by atoms with Gasteiger partial charge < -0.3 is 4.74 Å². The van der Waals surface area contributed by atoms with Crippen molar-refractivity contribution in [3.63, 3.8) is 0 Å². The van der Waals surface area contributed by atoms with Gasteiger partial charge in [-0.05, 0) is 43.2 Å². The molecule has 0 radical (unpaired) electrons.